The lowest BCUT2D eigenvalue weighted by atomic mass is 10.0. The molecule has 1 aliphatic carbocycles. The minimum Gasteiger partial charge on any atom is -0.478 e. The number of nitrogens with one attached hydrogen (secondary N) is 1. The molecule has 0 spiro atoms. The van der Waals surface area contributed by atoms with Gasteiger partial charge < -0.3 is 15.5 Å². The smallest absolute Gasteiger partial charge is 0.339 e. The van der Waals surface area contributed by atoms with Crippen molar-refractivity contribution in [3.63, 3.8) is 0 Å². The van der Waals surface area contributed by atoms with Crippen LogP contribution < -0.4 is 5.32 Å². The number of aromatic nitrogens is 2. The molecule has 6 nitrogen and oxygen atoms in total. The topological polar surface area (TPSA) is 95.3 Å². The van der Waals surface area contributed by atoms with Crippen molar-refractivity contribution in [3.8, 4) is 0 Å². The van der Waals surface area contributed by atoms with Gasteiger partial charge in [-0.15, -0.1) is 0 Å². The van der Waals surface area contributed by atoms with Gasteiger partial charge >= 0.3 is 5.97 Å². The molecule has 0 amide bonds. The third kappa shape index (κ3) is 3.02. The van der Waals surface area contributed by atoms with Crippen LogP contribution in [-0.2, 0) is 6.54 Å². The van der Waals surface area contributed by atoms with Crippen molar-refractivity contribution in [1.82, 2.24) is 15.3 Å². The van der Waals surface area contributed by atoms with Crippen LogP contribution in [0.15, 0.2) is 12.5 Å². The summed E-state index contributed by atoms with van der Waals surface area (Å²) in [6.45, 7) is 1.41. The zero-order chi connectivity index (χ0) is 13.0. The second kappa shape index (κ2) is 5.41. The Kier molecular flexibility index (Phi) is 3.88. The fraction of sp³-hybridized carbons (Fsp3) is 0.583. The molecule has 1 aromatic rings. The Morgan fingerprint density at radius 2 is 2.28 bits per heavy atom. The van der Waals surface area contributed by atoms with E-state index in [1.54, 1.807) is 0 Å². The molecule has 0 aromatic carbocycles. The summed E-state index contributed by atoms with van der Waals surface area (Å²) in [6, 6.07) is 0. The van der Waals surface area contributed by atoms with Crippen molar-refractivity contribution >= 4 is 5.97 Å². The molecule has 18 heavy (non-hydrogen) atoms. The maximum absolute atomic E-state index is 11.0. The van der Waals surface area contributed by atoms with Gasteiger partial charge in [0.05, 0.1) is 5.69 Å². The van der Waals surface area contributed by atoms with Crippen molar-refractivity contribution in [2.24, 2.45) is 5.41 Å². The van der Waals surface area contributed by atoms with E-state index in [2.05, 4.69) is 15.3 Å². The molecule has 1 heterocycles. The second-order valence-electron chi connectivity index (χ2n) is 4.77. The zero-order valence-electron chi connectivity index (χ0n) is 10.1. The molecule has 1 aromatic heterocycles. The number of hydrogen-bond donors (Lipinski definition) is 3. The first-order valence-electron chi connectivity index (χ1n) is 6.01. The van der Waals surface area contributed by atoms with Crippen molar-refractivity contribution in [2.75, 3.05) is 13.2 Å². The Hall–Kier alpha value is -1.53. The molecule has 0 radical (unpaired) electrons. The Morgan fingerprint density at radius 1 is 1.50 bits per heavy atom. The Bertz CT molecular complexity index is 432. The highest BCUT2D eigenvalue weighted by atomic mass is 16.4. The fourth-order valence-electron chi connectivity index (χ4n) is 2.05. The minimum atomic E-state index is -1.01. The summed E-state index contributed by atoms with van der Waals surface area (Å²) in [5.74, 6) is -1.01. The lowest BCUT2D eigenvalue weighted by molar-refractivity contribution is 0.0694. The number of rotatable bonds is 7. The van der Waals surface area contributed by atoms with Gasteiger partial charge in [0.15, 0.2) is 0 Å². The molecule has 0 saturated heterocycles. The van der Waals surface area contributed by atoms with Crippen LogP contribution in [0.2, 0.25) is 0 Å². The van der Waals surface area contributed by atoms with Crippen LogP contribution in [0.25, 0.3) is 0 Å². The number of aliphatic hydroxyl groups excluding tert-OH is 1. The standard InChI is InChI=1S/C12H17N3O3/c16-4-3-12(1-2-12)7-13-6-10-9(11(17)18)5-14-8-15-10/h5,8,13,16H,1-4,6-7H2,(H,17,18). The predicted molar refractivity (Wildman–Crippen MR) is 64.1 cm³/mol. The van der Waals surface area contributed by atoms with Crippen molar-refractivity contribution in [3.05, 3.63) is 23.8 Å². The normalized spacial score (nSPS) is 16.5. The average Bonchev–Trinajstić information content (AvgIpc) is 3.10. The van der Waals surface area contributed by atoms with Gasteiger partial charge in [-0.2, -0.15) is 0 Å². The first kappa shape index (κ1) is 12.9. The van der Waals surface area contributed by atoms with Crippen molar-refractivity contribution in [2.45, 2.75) is 25.8 Å². The number of carbonyl (C=O) groups is 1. The van der Waals surface area contributed by atoms with Gasteiger partial charge in [-0.05, 0) is 24.7 Å². The number of aliphatic hydroxyl groups is 1. The zero-order valence-corrected chi connectivity index (χ0v) is 10.1. The van der Waals surface area contributed by atoms with Crippen molar-refractivity contribution in [1.29, 1.82) is 0 Å². The third-order valence-electron chi connectivity index (χ3n) is 3.42. The SMILES string of the molecule is O=C(O)c1cncnc1CNCC1(CCO)CC1. The van der Waals surface area contributed by atoms with E-state index < -0.39 is 5.97 Å². The summed E-state index contributed by atoms with van der Waals surface area (Å²) >= 11 is 0. The van der Waals surface area contributed by atoms with Gasteiger partial charge in [-0.25, -0.2) is 14.8 Å². The van der Waals surface area contributed by atoms with E-state index in [-0.39, 0.29) is 17.6 Å². The van der Waals surface area contributed by atoms with Gasteiger partial charge in [0.2, 0.25) is 0 Å². The van der Waals surface area contributed by atoms with E-state index >= 15 is 0 Å². The summed E-state index contributed by atoms with van der Waals surface area (Å²) < 4.78 is 0. The summed E-state index contributed by atoms with van der Waals surface area (Å²) in [6.07, 6.45) is 5.71. The van der Waals surface area contributed by atoms with Crippen LogP contribution in [0.5, 0.6) is 0 Å². The molecular weight excluding hydrogens is 234 g/mol. The molecule has 0 atom stereocenters. The van der Waals surface area contributed by atoms with Crippen LogP contribution in [0, 0.1) is 5.41 Å². The molecule has 2 rings (SSSR count). The number of aromatic carboxylic acids is 1. The number of carboxylic acids is 1. The average molecular weight is 251 g/mol. The highest BCUT2D eigenvalue weighted by molar-refractivity contribution is 5.88. The van der Waals surface area contributed by atoms with E-state index in [0.29, 0.717) is 12.2 Å². The predicted octanol–water partition coefficient (Wildman–Crippen LogP) is 0.427. The largest absolute Gasteiger partial charge is 0.478 e. The van der Waals surface area contributed by atoms with Gasteiger partial charge in [0, 0.05) is 25.9 Å². The van der Waals surface area contributed by atoms with Gasteiger partial charge in [-0.1, -0.05) is 0 Å². The molecule has 1 fully saturated rings. The van der Waals surface area contributed by atoms with E-state index in [1.165, 1.54) is 12.5 Å². The minimum absolute atomic E-state index is 0.136. The summed E-state index contributed by atoms with van der Waals surface area (Å²) in [7, 11) is 0. The summed E-state index contributed by atoms with van der Waals surface area (Å²) in [5, 5.41) is 21.1. The van der Waals surface area contributed by atoms with Crippen LogP contribution >= 0.6 is 0 Å². The number of nitrogens with zero attached hydrogens (tertiary/aromatic N) is 2. The summed E-state index contributed by atoms with van der Waals surface area (Å²) in [5.41, 5.74) is 0.847. The van der Waals surface area contributed by atoms with Crippen LogP contribution in [-0.4, -0.2) is 39.3 Å². The van der Waals surface area contributed by atoms with E-state index in [1.807, 2.05) is 0 Å². The molecule has 1 aliphatic rings. The molecule has 3 N–H and O–H groups in total. The summed E-state index contributed by atoms with van der Waals surface area (Å²) in [4.78, 5) is 18.7. The van der Waals surface area contributed by atoms with Gasteiger partial charge in [-0.3, -0.25) is 0 Å². The lowest BCUT2D eigenvalue weighted by Gasteiger charge is -2.14. The molecule has 0 aliphatic heterocycles. The first-order valence-corrected chi connectivity index (χ1v) is 6.01. The molecule has 0 unspecified atom stereocenters. The van der Waals surface area contributed by atoms with Crippen LogP contribution in [0.1, 0.15) is 35.3 Å². The van der Waals surface area contributed by atoms with Gasteiger partial charge in [0.25, 0.3) is 0 Å². The number of carboxylic acid groups (broad SMARTS) is 1. The Morgan fingerprint density at radius 3 is 2.89 bits per heavy atom. The van der Waals surface area contributed by atoms with Gasteiger partial charge in [0.1, 0.15) is 11.9 Å². The van der Waals surface area contributed by atoms with E-state index in [0.717, 1.165) is 25.8 Å². The van der Waals surface area contributed by atoms with E-state index in [4.69, 9.17) is 10.2 Å². The quantitative estimate of drug-likeness (QED) is 0.650. The van der Waals surface area contributed by atoms with Crippen molar-refractivity contribution < 1.29 is 15.0 Å². The Balaban J connectivity index is 1.89. The lowest BCUT2D eigenvalue weighted by Crippen LogP contribution is -2.25. The number of hydrogen-bond acceptors (Lipinski definition) is 5. The second-order valence-corrected chi connectivity index (χ2v) is 4.77. The fourth-order valence-corrected chi connectivity index (χ4v) is 2.05. The molecule has 6 heteroatoms. The molecule has 98 valence electrons. The molecule has 1 saturated carbocycles. The highest BCUT2D eigenvalue weighted by Gasteiger charge is 2.41. The maximum Gasteiger partial charge on any atom is 0.339 e. The van der Waals surface area contributed by atoms with Crippen LogP contribution in [0.4, 0.5) is 0 Å². The third-order valence-corrected chi connectivity index (χ3v) is 3.42. The molecular formula is C12H17N3O3. The highest BCUT2D eigenvalue weighted by Crippen LogP contribution is 2.47. The Labute approximate surface area is 105 Å². The van der Waals surface area contributed by atoms with Crippen LogP contribution in [0.3, 0.4) is 0 Å². The molecule has 0 bridgehead atoms. The monoisotopic (exact) mass is 251 g/mol. The first-order chi connectivity index (χ1) is 8.67. The maximum atomic E-state index is 11.0. The van der Waals surface area contributed by atoms with E-state index in [9.17, 15) is 4.79 Å².